The van der Waals surface area contributed by atoms with E-state index in [0.717, 1.165) is 30.2 Å². The minimum absolute atomic E-state index is 0.0155. The Labute approximate surface area is 591 Å². The number of carbonyl (C=O) groups excluding carboxylic acids is 9. The van der Waals surface area contributed by atoms with Crippen LogP contribution in [-0.4, -0.2) is 188 Å². The lowest BCUT2D eigenvalue weighted by Crippen LogP contribution is -2.60. The van der Waals surface area contributed by atoms with Gasteiger partial charge in [-0.15, -0.1) is 0 Å². The van der Waals surface area contributed by atoms with Gasteiger partial charge in [-0.2, -0.15) is 0 Å². The van der Waals surface area contributed by atoms with Crippen molar-refractivity contribution in [3.63, 3.8) is 0 Å². The van der Waals surface area contributed by atoms with Crippen molar-refractivity contribution in [3.8, 4) is 0 Å². The van der Waals surface area contributed by atoms with Gasteiger partial charge in [-0.05, 0) is 81.5 Å². The zero-order chi connectivity index (χ0) is 72.3. The van der Waals surface area contributed by atoms with Crippen LogP contribution in [0, 0.1) is 5.41 Å². The number of nitrogens with one attached hydrogen (secondary N) is 11. The zero-order valence-corrected chi connectivity index (χ0v) is 59.6. The van der Waals surface area contributed by atoms with Gasteiger partial charge in [0.1, 0.15) is 55.1 Å². The van der Waals surface area contributed by atoms with Crippen LogP contribution < -0.4 is 59.3 Å². The first-order valence-electron chi connectivity index (χ1n) is 36.8. The summed E-state index contributed by atoms with van der Waals surface area (Å²) in [5, 5.41) is 45.5. The number of nitrogens with zero attached hydrogens (tertiary/aromatic N) is 1. The monoisotopic (exact) mass is 1400 g/mol. The van der Waals surface area contributed by atoms with Gasteiger partial charge in [0.15, 0.2) is 5.96 Å². The first kappa shape index (κ1) is 82.9. The molecule has 3 unspecified atom stereocenters. The van der Waals surface area contributed by atoms with E-state index in [-0.39, 0.29) is 103 Å². The molecule has 16 N–H and O–H groups in total. The third-order valence-corrected chi connectivity index (χ3v) is 18.4. The highest BCUT2D eigenvalue weighted by atomic mass is 16.5. The van der Waals surface area contributed by atoms with Crippen LogP contribution in [0.5, 0.6) is 0 Å². The lowest BCUT2D eigenvalue weighted by molar-refractivity contribution is -0.143. The van der Waals surface area contributed by atoms with Gasteiger partial charge >= 0.3 is 0 Å². The highest BCUT2D eigenvalue weighted by Crippen LogP contribution is 2.24. The number of rotatable bonds is 40. The second-order valence-corrected chi connectivity index (χ2v) is 26.6. The predicted molar refractivity (Wildman–Crippen MR) is 384 cm³/mol. The Morgan fingerprint density at radius 2 is 1.28 bits per heavy atom. The number of nitrogens with two attached hydrogens (primary N) is 2. The van der Waals surface area contributed by atoms with Gasteiger partial charge in [0.05, 0.1) is 25.9 Å². The average molecular weight is 1400 g/mol. The van der Waals surface area contributed by atoms with E-state index in [1.165, 1.54) is 89.1 Å². The molecule has 3 aromatic rings. The minimum Gasteiger partial charge on any atom is -0.391 e. The average Bonchev–Trinajstić information content (AvgIpc) is 1.68. The third kappa shape index (κ3) is 31.9. The topological polar surface area (TPSA) is 405 Å². The number of guanidine groups is 1. The van der Waals surface area contributed by atoms with Crippen LogP contribution in [0.2, 0.25) is 0 Å². The Bertz CT molecular complexity index is 2960. The van der Waals surface area contributed by atoms with Gasteiger partial charge in [-0.1, -0.05) is 165 Å². The van der Waals surface area contributed by atoms with Crippen LogP contribution in [-0.2, 0) is 70.2 Å². The summed E-state index contributed by atoms with van der Waals surface area (Å²) in [7, 11) is 1.46. The number of aromatic amines is 1. The van der Waals surface area contributed by atoms with Gasteiger partial charge in [-0.25, -0.2) is 0 Å². The molecule has 0 aliphatic carbocycles. The molecule has 558 valence electrons. The van der Waals surface area contributed by atoms with E-state index in [0.29, 0.717) is 56.3 Å². The molecule has 0 saturated carbocycles. The van der Waals surface area contributed by atoms with Crippen molar-refractivity contribution in [2.45, 2.75) is 255 Å². The molecule has 2 aromatic carbocycles. The Kier molecular flexibility index (Phi) is 40.0. The van der Waals surface area contributed by atoms with Gasteiger partial charge < -0.3 is 83.2 Å². The molecule has 2 fully saturated rings. The predicted octanol–water partition coefficient (Wildman–Crippen LogP) is 4.70. The normalized spacial score (nSPS) is 21.2. The fraction of sp³-hybridized carbons (Fsp3) is 0.671. The number of aromatic nitrogens is 1. The molecule has 9 amide bonds. The quantitative estimate of drug-likeness (QED) is 0.0208. The lowest BCUT2D eigenvalue weighted by Gasteiger charge is -2.31. The van der Waals surface area contributed by atoms with Gasteiger partial charge in [-0.3, -0.25) is 53.9 Å². The first-order valence-corrected chi connectivity index (χ1v) is 36.8. The van der Waals surface area contributed by atoms with E-state index < -0.39 is 108 Å². The maximum atomic E-state index is 15.1. The number of aliphatic hydroxyl groups is 1. The molecule has 0 bridgehead atoms. The van der Waals surface area contributed by atoms with E-state index in [4.69, 9.17) is 31.1 Å². The van der Waals surface area contributed by atoms with E-state index in [1.54, 1.807) is 36.5 Å². The van der Waals surface area contributed by atoms with E-state index >= 15 is 4.79 Å². The van der Waals surface area contributed by atoms with Crippen molar-refractivity contribution < 1.29 is 62.5 Å². The number of ether oxygens (including phenoxy) is 3. The molecule has 9 atom stereocenters. The number of carbonyl (C=O) groups is 9. The summed E-state index contributed by atoms with van der Waals surface area (Å²) in [6.45, 7) is 4.73. The summed E-state index contributed by atoms with van der Waals surface area (Å²) in [5.41, 5.74) is 13.6. The van der Waals surface area contributed by atoms with Crippen LogP contribution in [0.1, 0.15) is 198 Å². The number of aliphatic hydroxyl groups excluding tert-OH is 1. The summed E-state index contributed by atoms with van der Waals surface area (Å²) in [6, 6.07) is 7.11. The number of fused-ring (bicyclic) bond motifs is 2. The molecular weight excluding hydrogens is 1280 g/mol. The third-order valence-electron chi connectivity index (χ3n) is 18.4. The smallest absolute Gasteiger partial charge is 0.246 e. The summed E-state index contributed by atoms with van der Waals surface area (Å²) >= 11 is 0. The standard InChI is InChI=1S/C73H118N14O13/c1-4-6-8-9-10-11-12-13-14-15-16-17-18-19-23-36-63(89)77-41-42-99-43-44-100-50-64(90)81-57(32-7-5-2)67(92)84-59-37-38-65(98-3)78-39-27-26-34-56(66(74)91)82-70(95)61(46-52-48-80-55-33-25-24-31-54(52)55)85-68(93)58(35-28-40-79-73(75)76)83-69(94)60(45-51-29-21-20-22-30-51)86-71(96)62-47-53(88)49-87(62)72(59)97/h20-22,24-25,29-31,33,48,53,56-62,65,78,80,88H,4-19,23,26-28,32,34-47,49-50H2,1-3H3,(H2,74,91)(H,77,89)(H,81,90)(H,82,95)(H,83,94)(H,84,92)(H,85,93)(H,86,96)(H4,75,76,79)/t53-,56?,57+,58+,59+,60-,61+,62?,65?/m1/s1. The van der Waals surface area contributed by atoms with Crippen molar-refractivity contribution in [1.29, 1.82) is 5.41 Å². The lowest BCUT2D eigenvalue weighted by atomic mass is 10.0. The Balaban J connectivity index is 1.25. The van der Waals surface area contributed by atoms with Crippen molar-refractivity contribution in [2.75, 3.05) is 59.7 Å². The zero-order valence-electron chi connectivity index (χ0n) is 59.6. The second-order valence-electron chi connectivity index (χ2n) is 26.6. The molecule has 0 radical (unpaired) electrons. The molecule has 0 spiro atoms. The number of hydrogen-bond donors (Lipinski definition) is 14. The summed E-state index contributed by atoms with van der Waals surface area (Å²) in [4.78, 5) is 132. The number of hydrogen-bond acceptors (Lipinski definition) is 15. The van der Waals surface area contributed by atoms with Crippen LogP contribution in [0.3, 0.4) is 0 Å². The van der Waals surface area contributed by atoms with E-state index in [1.807, 2.05) is 31.2 Å². The molecule has 100 heavy (non-hydrogen) atoms. The summed E-state index contributed by atoms with van der Waals surface area (Å²) in [6.07, 6.45) is 21.3. The summed E-state index contributed by atoms with van der Waals surface area (Å²) in [5.74, 6) is -6.27. The van der Waals surface area contributed by atoms with E-state index in [2.05, 4.69) is 59.8 Å². The van der Waals surface area contributed by atoms with Crippen LogP contribution in [0.15, 0.2) is 60.8 Å². The second kappa shape index (κ2) is 48.2. The number of primary amides is 1. The summed E-state index contributed by atoms with van der Waals surface area (Å²) < 4.78 is 17.1. The van der Waals surface area contributed by atoms with Gasteiger partial charge in [0.2, 0.25) is 53.2 Å². The van der Waals surface area contributed by atoms with Crippen molar-refractivity contribution in [2.24, 2.45) is 11.5 Å². The molecule has 27 heteroatoms. The fourth-order valence-electron chi connectivity index (χ4n) is 12.7. The molecule has 2 saturated heterocycles. The maximum Gasteiger partial charge on any atom is 0.246 e. The maximum absolute atomic E-state index is 15.1. The first-order chi connectivity index (χ1) is 48.4. The SMILES string of the molecule is CCCCCCCCCCCCCCCCCC(=O)NCCOCCOCC(=O)N[C@@H](CCCC)C(=O)N[C@H]1CCC(OC)NCCCCC(C(N)=O)NC(=O)[C@H](Cc2c[nH]c3ccccc23)NC(=O)[C@H](CCCNC(=N)N)NC(=O)[C@@H](Cc2ccccc2)NC(=O)C2C[C@@H](O)CN2C1=O. The van der Waals surface area contributed by atoms with Crippen LogP contribution in [0.4, 0.5) is 0 Å². The molecule has 27 nitrogen and oxygen atoms in total. The Hall–Kier alpha value is -7.72. The molecule has 5 rings (SSSR count). The Morgan fingerprint density at radius 3 is 1.96 bits per heavy atom. The number of H-pyrrole nitrogens is 1. The molecule has 2 aliphatic rings. The van der Waals surface area contributed by atoms with Crippen LogP contribution in [0.25, 0.3) is 10.9 Å². The molecule has 3 heterocycles. The van der Waals surface area contributed by atoms with Gasteiger partial charge in [0.25, 0.3) is 0 Å². The van der Waals surface area contributed by atoms with Crippen molar-refractivity contribution in [1.82, 2.24) is 57.7 Å². The molecule has 1 aromatic heterocycles. The van der Waals surface area contributed by atoms with Crippen LogP contribution >= 0.6 is 0 Å². The largest absolute Gasteiger partial charge is 0.391 e. The Morgan fingerprint density at radius 1 is 0.660 bits per heavy atom. The molecule has 2 aliphatic heterocycles. The fourth-order valence-corrected chi connectivity index (χ4v) is 12.7. The minimum atomic E-state index is -1.40. The number of para-hydroxylation sites is 1. The molecular formula is C73H118N14O13. The highest BCUT2D eigenvalue weighted by Gasteiger charge is 2.43. The highest BCUT2D eigenvalue weighted by molar-refractivity contribution is 5.98. The number of methoxy groups -OCH3 is 1. The van der Waals surface area contributed by atoms with Crippen molar-refractivity contribution >= 4 is 70.0 Å². The number of unbranched alkanes of at least 4 members (excludes halogenated alkanes) is 15. The van der Waals surface area contributed by atoms with Crippen molar-refractivity contribution in [3.05, 3.63) is 71.9 Å². The number of amides is 9. The van der Waals surface area contributed by atoms with E-state index in [9.17, 15) is 43.5 Å². The van der Waals surface area contributed by atoms with Gasteiger partial charge in [0, 0.05) is 69.5 Å². The number of benzene rings is 2.